The number of piperidine rings is 1. The van der Waals surface area contributed by atoms with Crippen LogP contribution < -0.4 is 0 Å². The van der Waals surface area contributed by atoms with Gasteiger partial charge in [-0.15, -0.1) is 0 Å². The molecule has 1 saturated heterocycles. The third-order valence-corrected chi connectivity index (χ3v) is 6.75. The number of hydrogen-bond donors (Lipinski definition) is 1. The van der Waals surface area contributed by atoms with Gasteiger partial charge in [-0.2, -0.15) is 9.40 Å². The van der Waals surface area contributed by atoms with E-state index >= 15 is 0 Å². The van der Waals surface area contributed by atoms with Crippen LogP contribution in [0.25, 0.3) is 11.3 Å². The molecule has 1 fully saturated rings. The average Bonchev–Trinajstić information content (AvgIpc) is 3.24. The molecule has 1 aromatic carbocycles. The zero-order chi connectivity index (χ0) is 18.9. The monoisotopic (exact) mass is 403 g/mol. The van der Waals surface area contributed by atoms with Crippen molar-refractivity contribution in [2.24, 2.45) is 0 Å². The van der Waals surface area contributed by atoms with Crippen LogP contribution in [-0.2, 0) is 10.0 Å². The molecular formula is C18H18ClN5O2S. The van der Waals surface area contributed by atoms with Gasteiger partial charge in [0.05, 0.1) is 23.8 Å². The highest BCUT2D eigenvalue weighted by Crippen LogP contribution is 2.30. The van der Waals surface area contributed by atoms with E-state index in [2.05, 4.69) is 15.2 Å². The van der Waals surface area contributed by atoms with Crippen molar-refractivity contribution in [1.82, 2.24) is 24.5 Å². The first-order chi connectivity index (χ1) is 13.0. The standard InChI is InChI=1S/C18H18ClN5O2S/c19-15-5-1-3-13(7-15)17-10-20-11-18(23-17)14-4-2-6-24(12-14)27(25,26)16-8-21-22-9-16/h1,3,5,7-11,14H,2,4,6,12H2,(H,21,22)/t14-/m0/s1. The van der Waals surface area contributed by atoms with Crippen LogP contribution in [0.2, 0.25) is 5.02 Å². The summed E-state index contributed by atoms with van der Waals surface area (Å²) in [6.45, 7) is 0.868. The molecule has 1 N–H and O–H groups in total. The zero-order valence-corrected chi connectivity index (χ0v) is 16.0. The lowest BCUT2D eigenvalue weighted by Crippen LogP contribution is -2.39. The quantitative estimate of drug-likeness (QED) is 0.722. The number of benzene rings is 1. The summed E-state index contributed by atoms with van der Waals surface area (Å²) < 4.78 is 27.0. The highest BCUT2D eigenvalue weighted by atomic mass is 35.5. The fraction of sp³-hybridized carbons (Fsp3) is 0.278. The van der Waals surface area contributed by atoms with Crippen LogP contribution in [-0.4, -0.2) is 46.0 Å². The summed E-state index contributed by atoms with van der Waals surface area (Å²) in [5.41, 5.74) is 2.40. The summed E-state index contributed by atoms with van der Waals surface area (Å²) in [6, 6.07) is 7.44. The van der Waals surface area contributed by atoms with Gasteiger partial charge < -0.3 is 0 Å². The first-order valence-electron chi connectivity index (χ1n) is 8.61. The minimum Gasteiger partial charge on any atom is -0.284 e. The molecule has 0 bridgehead atoms. The van der Waals surface area contributed by atoms with E-state index in [1.807, 2.05) is 24.3 Å². The molecule has 27 heavy (non-hydrogen) atoms. The summed E-state index contributed by atoms with van der Waals surface area (Å²) in [5, 5.41) is 6.94. The van der Waals surface area contributed by atoms with Crippen molar-refractivity contribution >= 4 is 21.6 Å². The van der Waals surface area contributed by atoms with Crippen LogP contribution in [0.5, 0.6) is 0 Å². The molecule has 0 radical (unpaired) electrons. The Morgan fingerprint density at radius 2 is 2.11 bits per heavy atom. The van der Waals surface area contributed by atoms with Gasteiger partial charge in [0, 0.05) is 42.0 Å². The van der Waals surface area contributed by atoms with Gasteiger partial charge in [-0.05, 0) is 25.0 Å². The molecule has 4 rings (SSSR count). The number of aromatic nitrogens is 4. The summed E-state index contributed by atoms with van der Waals surface area (Å²) >= 11 is 6.07. The lowest BCUT2D eigenvalue weighted by molar-refractivity contribution is 0.312. The molecule has 0 spiro atoms. The van der Waals surface area contributed by atoms with E-state index in [-0.39, 0.29) is 10.8 Å². The van der Waals surface area contributed by atoms with Crippen molar-refractivity contribution in [3.63, 3.8) is 0 Å². The molecule has 7 nitrogen and oxygen atoms in total. The third-order valence-electron chi connectivity index (χ3n) is 4.69. The first-order valence-corrected chi connectivity index (χ1v) is 10.4. The van der Waals surface area contributed by atoms with Crippen molar-refractivity contribution in [1.29, 1.82) is 0 Å². The Morgan fingerprint density at radius 1 is 1.22 bits per heavy atom. The van der Waals surface area contributed by atoms with Crippen LogP contribution >= 0.6 is 11.6 Å². The van der Waals surface area contributed by atoms with Gasteiger partial charge in [0.2, 0.25) is 10.0 Å². The topological polar surface area (TPSA) is 91.8 Å². The predicted octanol–water partition coefficient (Wildman–Crippen LogP) is 3.09. The number of aromatic amines is 1. The van der Waals surface area contributed by atoms with Gasteiger partial charge in [0.15, 0.2) is 0 Å². The van der Waals surface area contributed by atoms with E-state index < -0.39 is 10.0 Å². The molecule has 3 aromatic rings. The van der Waals surface area contributed by atoms with Crippen molar-refractivity contribution in [2.75, 3.05) is 13.1 Å². The Kier molecular flexibility index (Phi) is 4.94. The van der Waals surface area contributed by atoms with E-state index in [9.17, 15) is 8.42 Å². The first kappa shape index (κ1) is 18.1. The second-order valence-electron chi connectivity index (χ2n) is 6.48. The van der Waals surface area contributed by atoms with Crippen LogP contribution in [0.4, 0.5) is 0 Å². The fourth-order valence-electron chi connectivity index (χ4n) is 3.30. The number of halogens is 1. The molecule has 1 aliphatic rings. The largest absolute Gasteiger partial charge is 0.284 e. The molecule has 1 atom stereocenters. The highest BCUT2D eigenvalue weighted by molar-refractivity contribution is 7.89. The van der Waals surface area contributed by atoms with Crippen molar-refractivity contribution < 1.29 is 8.42 Å². The Labute approximate surface area is 162 Å². The lowest BCUT2D eigenvalue weighted by atomic mass is 9.96. The fourth-order valence-corrected chi connectivity index (χ4v) is 4.92. The third kappa shape index (κ3) is 3.73. The molecule has 1 aliphatic heterocycles. The van der Waals surface area contributed by atoms with E-state index in [0.29, 0.717) is 18.1 Å². The van der Waals surface area contributed by atoms with E-state index in [1.54, 1.807) is 12.4 Å². The highest BCUT2D eigenvalue weighted by Gasteiger charge is 2.32. The SMILES string of the molecule is O=S(=O)(c1cn[nH]c1)N1CCC[C@H](c2cncc(-c3cccc(Cl)c3)n2)C1. The number of rotatable bonds is 4. The number of hydrogen-bond acceptors (Lipinski definition) is 5. The number of H-pyrrole nitrogens is 1. The van der Waals surface area contributed by atoms with Crippen LogP contribution in [0.3, 0.4) is 0 Å². The molecule has 0 aliphatic carbocycles. The van der Waals surface area contributed by atoms with Gasteiger partial charge in [-0.25, -0.2) is 13.4 Å². The zero-order valence-electron chi connectivity index (χ0n) is 14.4. The minimum atomic E-state index is -3.55. The van der Waals surface area contributed by atoms with Gasteiger partial charge >= 0.3 is 0 Å². The van der Waals surface area contributed by atoms with Gasteiger partial charge in [-0.3, -0.25) is 10.1 Å². The number of nitrogens with one attached hydrogen (secondary N) is 1. The van der Waals surface area contributed by atoms with Gasteiger partial charge in [0.1, 0.15) is 4.90 Å². The Morgan fingerprint density at radius 3 is 2.89 bits per heavy atom. The van der Waals surface area contributed by atoms with E-state index in [4.69, 9.17) is 16.6 Å². The molecule has 0 saturated carbocycles. The molecule has 0 unspecified atom stereocenters. The van der Waals surface area contributed by atoms with Gasteiger partial charge in [0.25, 0.3) is 0 Å². The predicted molar refractivity (Wildman–Crippen MR) is 102 cm³/mol. The number of nitrogens with zero attached hydrogens (tertiary/aromatic N) is 4. The Bertz CT molecular complexity index is 1040. The van der Waals surface area contributed by atoms with Crippen molar-refractivity contribution in [3.05, 3.63) is 59.8 Å². The van der Waals surface area contributed by atoms with Gasteiger partial charge in [-0.1, -0.05) is 23.7 Å². The Balaban J connectivity index is 1.60. The summed E-state index contributed by atoms with van der Waals surface area (Å²) in [4.78, 5) is 9.22. The molecular weight excluding hydrogens is 386 g/mol. The van der Waals surface area contributed by atoms with E-state index in [1.165, 1.54) is 16.7 Å². The minimum absolute atomic E-state index is 0.00735. The number of sulfonamides is 1. The van der Waals surface area contributed by atoms with Crippen molar-refractivity contribution in [2.45, 2.75) is 23.7 Å². The molecule has 140 valence electrons. The molecule has 3 heterocycles. The summed E-state index contributed by atoms with van der Waals surface area (Å²) in [7, 11) is -3.55. The molecule has 2 aromatic heterocycles. The maximum absolute atomic E-state index is 12.8. The Hall–Kier alpha value is -2.29. The van der Waals surface area contributed by atoms with Crippen LogP contribution in [0.1, 0.15) is 24.5 Å². The summed E-state index contributed by atoms with van der Waals surface area (Å²) in [5.74, 6) is -0.00735. The maximum Gasteiger partial charge on any atom is 0.246 e. The normalized spacial score (nSPS) is 18.5. The lowest BCUT2D eigenvalue weighted by Gasteiger charge is -2.31. The molecule has 0 amide bonds. The molecule has 9 heteroatoms. The second kappa shape index (κ2) is 7.38. The maximum atomic E-state index is 12.8. The smallest absolute Gasteiger partial charge is 0.246 e. The van der Waals surface area contributed by atoms with Crippen LogP contribution in [0.15, 0.2) is 53.9 Å². The van der Waals surface area contributed by atoms with Crippen molar-refractivity contribution in [3.8, 4) is 11.3 Å². The summed E-state index contributed by atoms with van der Waals surface area (Å²) in [6.07, 6.45) is 7.78. The van der Waals surface area contributed by atoms with Crippen LogP contribution in [0, 0.1) is 0 Å². The average molecular weight is 404 g/mol. The van der Waals surface area contributed by atoms with E-state index in [0.717, 1.165) is 29.8 Å². The second-order valence-corrected chi connectivity index (χ2v) is 8.85.